The Morgan fingerprint density at radius 1 is 0.930 bits per heavy atom. The molecule has 0 atom stereocenters. The van der Waals surface area contributed by atoms with Crippen molar-refractivity contribution in [3.63, 3.8) is 0 Å². The molecule has 0 saturated heterocycles. The minimum absolute atomic E-state index is 0.0168. The number of carbonyl (C=O) groups is 3. The average molecular weight is 577 g/mol. The molecule has 0 aliphatic carbocycles. The van der Waals surface area contributed by atoms with Gasteiger partial charge in [0.2, 0.25) is 0 Å². The molecule has 3 N–H and O–H groups in total. The molecule has 0 fully saturated rings. The number of carboxylic acid groups (broad SMARTS) is 1. The number of aryl methyl sites for hydroxylation is 1. The molecular weight excluding hydrogens is 544 g/mol. The van der Waals surface area contributed by atoms with E-state index in [0.717, 1.165) is 27.9 Å². The number of carboxylic acids is 1. The summed E-state index contributed by atoms with van der Waals surface area (Å²) in [6, 6.07) is 22.0. The van der Waals surface area contributed by atoms with Crippen molar-refractivity contribution >= 4 is 28.8 Å². The number of benzene rings is 2. The summed E-state index contributed by atoms with van der Waals surface area (Å²) in [5.74, 6) is -1.41. The SMILES string of the molecule is Cc1nc2cccnc2c(C(=O)N(Cc2ccc(-c3cccc(C(C)(C)C(=O)O)c3)cc2)Cc2ccc(C(N)=O)o2)c1C. The van der Waals surface area contributed by atoms with E-state index in [1.807, 2.05) is 68.4 Å². The highest BCUT2D eigenvalue weighted by atomic mass is 16.4. The molecule has 3 heterocycles. The minimum atomic E-state index is -1.03. The van der Waals surface area contributed by atoms with Crippen LogP contribution in [0.15, 0.2) is 83.4 Å². The van der Waals surface area contributed by atoms with Gasteiger partial charge in [0.1, 0.15) is 11.3 Å². The van der Waals surface area contributed by atoms with Crippen molar-refractivity contribution < 1.29 is 23.9 Å². The fraction of sp³-hybridized carbons (Fsp3) is 0.206. The highest BCUT2D eigenvalue weighted by molar-refractivity contribution is 6.06. The summed E-state index contributed by atoms with van der Waals surface area (Å²) in [5.41, 5.74) is 10.8. The Morgan fingerprint density at radius 3 is 2.35 bits per heavy atom. The Hall–Kier alpha value is -5.31. The van der Waals surface area contributed by atoms with E-state index in [1.54, 1.807) is 37.1 Å². The molecule has 0 saturated carbocycles. The second kappa shape index (κ2) is 11.5. The Kier molecular flexibility index (Phi) is 7.82. The number of hydrogen-bond donors (Lipinski definition) is 2. The number of furan rings is 1. The highest BCUT2D eigenvalue weighted by Crippen LogP contribution is 2.29. The summed E-state index contributed by atoms with van der Waals surface area (Å²) >= 11 is 0. The Bertz CT molecular complexity index is 1860. The highest BCUT2D eigenvalue weighted by Gasteiger charge is 2.29. The van der Waals surface area contributed by atoms with Crippen LogP contribution in [0, 0.1) is 13.8 Å². The maximum Gasteiger partial charge on any atom is 0.313 e. The van der Waals surface area contributed by atoms with Gasteiger partial charge in [-0.05, 0) is 79.8 Å². The van der Waals surface area contributed by atoms with E-state index < -0.39 is 17.3 Å². The Balaban J connectivity index is 1.49. The van der Waals surface area contributed by atoms with Gasteiger partial charge in [0.05, 0.1) is 23.0 Å². The van der Waals surface area contributed by atoms with Crippen LogP contribution in [0.25, 0.3) is 22.2 Å². The molecule has 43 heavy (non-hydrogen) atoms. The molecule has 2 aromatic carbocycles. The van der Waals surface area contributed by atoms with Gasteiger partial charge in [-0.3, -0.25) is 24.4 Å². The molecular formula is C34H32N4O5. The number of amides is 2. The van der Waals surface area contributed by atoms with E-state index in [1.165, 1.54) is 6.07 Å². The van der Waals surface area contributed by atoms with Crippen LogP contribution in [0.2, 0.25) is 0 Å². The summed E-state index contributed by atoms with van der Waals surface area (Å²) in [6.45, 7) is 7.41. The quantitative estimate of drug-likeness (QED) is 0.226. The number of nitrogens with zero attached hydrogens (tertiary/aromatic N) is 3. The first-order valence-corrected chi connectivity index (χ1v) is 13.8. The summed E-state index contributed by atoms with van der Waals surface area (Å²) in [4.78, 5) is 48.4. The number of carbonyl (C=O) groups excluding carboxylic acids is 2. The maximum atomic E-state index is 14.2. The first-order chi connectivity index (χ1) is 20.5. The van der Waals surface area contributed by atoms with Crippen molar-refractivity contribution in [1.82, 2.24) is 14.9 Å². The van der Waals surface area contributed by atoms with Crippen LogP contribution in [0.5, 0.6) is 0 Å². The molecule has 3 aromatic heterocycles. The lowest BCUT2D eigenvalue weighted by molar-refractivity contribution is -0.142. The lowest BCUT2D eigenvalue weighted by atomic mass is 9.83. The second-order valence-electron chi connectivity index (χ2n) is 11.1. The maximum absolute atomic E-state index is 14.2. The van der Waals surface area contributed by atoms with Gasteiger partial charge in [0.25, 0.3) is 11.8 Å². The fourth-order valence-electron chi connectivity index (χ4n) is 4.94. The largest absolute Gasteiger partial charge is 0.481 e. The van der Waals surface area contributed by atoms with Crippen LogP contribution in [0.4, 0.5) is 0 Å². The van der Waals surface area contributed by atoms with Crippen LogP contribution >= 0.6 is 0 Å². The predicted molar refractivity (Wildman–Crippen MR) is 162 cm³/mol. The van der Waals surface area contributed by atoms with Crippen molar-refractivity contribution in [3.05, 3.63) is 118 Å². The van der Waals surface area contributed by atoms with Gasteiger partial charge in [-0.1, -0.05) is 48.5 Å². The van der Waals surface area contributed by atoms with Gasteiger partial charge >= 0.3 is 5.97 Å². The number of aliphatic carboxylic acids is 1. The lowest BCUT2D eigenvalue weighted by Crippen LogP contribution is -2.31. The zero-order chi connectivity index (χ0) is 30.9. The Labute approximate surface area is 249 Å². The monoisotopic (exact) mass is 576 g/mol. The summed E-state index contributed by atoms with van der Waals surface area (Å²) in [5, 5.41) is 9.66. The van der Waals surface area contributed by atoms with E-state index in [0.29, 0.717) is 27.9 Å². The zero-order valence-electron chi connectivity index (χ0n) is 24.4. The molecule has 0 aliphatic rings. The molecule has 9 nitrogen and oxygen atoms in total. The topological polar surface area (TPSA) is 140 Å². The molecule has 0 radical (unpaired) electrons. The standard InChI is InChI=1S/C34H32N4O5/c1-20-21(2)37-27-9-6-16-36-30(27)29(20)32(40)38(19-26-14-15-28(43-26)31(35)39)18-22-10-12-23(13-11-22)24-7-5-8-25(17-24)34(3,4)33(41)42/h5-17H,18-19H2,1-4H3,(H2,35,39)(H,41,42). The van der Waals surface area contributed by atoms with Crippen molar-refractivity contribution in [2.75, 3.05) is 0 Å². The van der Waals surface area contributed by atoms with Gasteiger partial charge in [0, 0.05) is 18.4 Å². The van der Waals surface area contributed by atoms with Gasteiger partial charge in [-0.2, -0.15) is 0 Å². The molecule has 0 aliphatic heterocycles. The van der Waals surface area contributed by atoms with E-state index in [-0.39, 0.29) is 24.8 Å². The number of pyridine rings is 2. The van der Waals surface area contributed by atoms with E-state index >= 15 is 0 Å². The first-order valence-electron chi connectivity index (χ1n) is 13.8. The number of primary amides is 1. The zero-order valence-corrected chi connectivity index (χ0v) is 24.4. The number of rotatable bonds is 9. The molecule has 0 spiro atoms. The van der Waals surface area contributed by atoms with Gasteiger partial charge in [0.15, 0.2) is 5.76 Å². The van der Waals surface area contributed by atoms with Crippen molar-refractivity contribution in [2.45, 2.75) is 46.2 Å². The van der Waals surface area contributed by atoms with Crippen LogP contribution in [-0.4, -0.2) is 37.8 Å². The van der Waals surface area contributed by atoms with E-state index in [9.17, 15) is 19.5 Å². The van der Waals surface area contributed by atoms with Crippen LogP contribution in [0.3, 0.4) is 0 Å². The first kappa shape index (κ1) is 29.2. The van der Waals surface area contributed by atoms with E-state index in [2.05, 4.69) is 9.97 Å². The van der Waals surface area contributed by atoms with Crippen molar-refractivity contribution in [2.24, 2.45) is 5.73 Å². The van der Waals surface area contributed by atoms with Crippen molar-refractivity contribution in [3.8, 4) is 11.1 Å². The van der Waals surface area contributed by atoms with Crippen molar-refractivity contribution in [1.29, 1.82) is 0 Å². The second-order valence-corrected chi connectivity index (χ2v) is 11.1. The number of aromatic nitrogens is 2. The third-order valence-electron chi connectivity index (χ3n) is 7.76. The fourth-order valence-corrected chi connectivity index (χ4v) is 4.94. The summed E-state index contributed by atoms with van der Waals surface area (Å²) < 4.78 is 5.63. The predicted octanol–water partition coefficient (Wildman–Crippen LogP) is 5.81. The molecule has 0 bridgehead atoms. The van der Waals surface area contributed by atoms with Crippen LogP contribution < -0.4 is 5.73 Å². The normalized spacial score (nSPS) is 11.4. The van der Waals surface area contributed by atoms with Gasteiger partial charge in [-0.25, -0.2) is 0 Å². The third-order valence-corrected chi connectivity index (χ3v) is 7.76. The molecule has 218 valence electrons. The molecule has 9 heteroatoms. The van der Waals surface area contributed by atoms with Gasteiger partial charge in [-0.15, -0.1) is 0 Å². The van der Waals surface area contributed by atoms with Crippen LogP contribution in [-0.2, 0) is 23.3 Å². The molecule has 5 aromatic rings. The Morgan fingerprint density at radius 2 is 1.67 bits per heavy atom. The summed E-state index contributed by atoms with van der Waals surface area (Å²) in [6.07, 6.45) is 1.64. The number of nitrogens with two attached hydrogens (primary N) is 1. The average Bonchev–Trinajstić information content (AvgIpc) is 3.47. The molecule has 5 rings (SSSR count). The number of fused-ring (bicyclic) bond motifs is 1. The lowest BCUT2D eigenvalue weighted by Gasteiger charge is -2.24. The number of hydrogen-bond acceptors (Lipinski definition) is 6. The van der Waals surface area contributed by atoms with Gasteiger partial charge < -0.3 is 20.2 Å². The third kappa shape index (κ3) is 5.88. The van der Waals surface area contributed by atoms with E-state index in [4.69, 9.17) is 10.2 Å². The molecule has 2 amide bonds. The molecule has 0 unspecified atom stereocenters. The minimum Gasteiger partial charge on any atom is -0.481 e. The smallest absolute Gasteiger partial charge is 0.313 e. The van der Waals surface area contributed by atoms with Crippen LogP contribution in [0.1, 0.15) is 62.9 Å². The summed E-state index contributed by atoms with van der Waals surface area (Å²) in [7, 11) is 0.